The van der Waals surface area contributed by atoms with Gasteiger partial charge in [-0.25, -0.2) is 4.98 Å². The molecule has 21 heavy (non-hydrogen) atoms. The highest BCUT2D eigenvalue weighted by molar-refractivity contribution is 7.18. The van der Waals surface area contributed by atoms with E-state index in [0.717, 1.165) is 20.9 Å². The van der Waals surface area contributed by atoms with Crippen molar-refractivity contribution in [1.82, 2.24) is 4.98 Å². The van der Waals surface area contributed by atoms with Crippen LogP contribution in [0.2, 0.25) is 10.0 Å². The molecule has 0 fully saturated rings. The highest BCUT2D eigenvalue weighted by atomic mass is 35.5. The largest absolute Gasteiger partial charge is 0.506 e. The zero-order valence-corrected chi connectivity index (χ0v) is 13.5. The van der Waals surface area contributed by atoms with Crippen molar-refractivity contribution in [2.24, 2.45) is 0 Å². The molecular formula is C15H12Cl2N2OS. The number of hydrogen-bond donors (Lipinski definition) is 2. The van der Waals surface area contributed by atoms with Crippen molar-refractivity contribution in [2.75, 3.05) is 5.32 Å². The summed E-state index contributed by atoms with van der Waals surface area (Å²) in [5.74, 6) is 0.0586. The molecule has 3 aromatic rings. The molecule has 1 aromatic heterocycles. The summed E-state index contributed by atoms with van der Waals surface area (Å²) in [6.07, 6.45) is 0. The van der Waals surface area contributed by atoms with Crippen molar-refractivity contribution in [1.29, 1.82) is 0 Å². The quantitative estimate of drug-likeness (QED) is 0.687. The van der Waals surface area contributed by atoms with E-state index in [2.05, 4.69) is 10.3 Å². The monoisotopic (exact) mass is 338 g/mol. The fraction of sp³-hybridized carbons (Fsp3) is 0.133. The summed E-state index contributed by atoms with van der Waals surface area (Å²) in [7, 11) is 0. The number of nitrogens with one attached hydrogen (secondary N) is 1. The van der Waals surface area contributed by atoms with Gasteiger partial charge in [-0.1, -0.05) is 23.2 Å². The lowest BCUT2D eigenvalue weighted by atomic mass is 10.2. The van der Waals surface area contributed by atoms with Crippen LogP contribution in [0.1, 0.15) is 10.6 Å². The van der Waals surface area contributed by atoms with Crippen molar-refractivity contribution in [3.8, 4) is 5.75 Å². The number of phenolic OH excluding ortho intramolecular Hbond substituents is 1. The van der Waals surface area contributed by atoms with Crippen molar-refractivity contribution in [3.63, 3.8) is 0 Å². The van der Waals surface area contributed by atoms with E-state index >= 15 is 0 Å². The lowest BCUT2D eigenvalue weighted by Crippen LogP contribution is -1.99. The van der Waals surface area contributed by atoms with Gasteiger partial charge in [0.2, 0.25) is 0 Å². The number of fused-ring (bicyclic) bond motifs is 1. The van der Waals surface area contributed by atoms with E-state index in [1.807, 2.05) is 25.1 Å². The van der Waals surface area contributed by atoms with E-state index in [1.165, 1.54) is 6.07 Å². The number of thiazole rings is 1. The van der Waals surface area contributed by atoms with Gasteiger partial charge >= 0.3 is 0 Å². The van der Waals surface area contributed by atoms with Crippen LogP contribution < -0.4 is 5.32 Å². The fourth-order valence-electron chi connectivity index (χ4n) is 2.10. The molecule has 6 heteroatoms. The van der Waals surface area contributed by atoms with Gasteiger partial charge in [0.05, 0.1) is 20.2 Å². The van der Waals surface area contributed by atoms with Crippen molar-refractivity contribution in [3.05, 3.63) is 50.9 Å². The normalized spacial score (nSPS) is 11.0. The Labute approximate surface area is 136 Å². The fourth-order valence-corrected chi connectivity index (χ4v) is 3.50. The summed E-state index contributed by atoms with van der Waals surface area (Å²) in [5, 5.41) is 15.0. The Morgan fingerprint density at radius 2 is 2.05 bits per heavy atom. The zero-order valence-electron chi connectivity index (χ0n) is 11.2. The van der Waals surface area contributed by atoms with E-state index in [0.29, 0.717) is 17.1 Å². The second-order valence-electron chi connectivity index (χ2n) is 4.66. The molecule has 2 N–H and O–H groups in total. The number of anilines is 1. The first-order valence-electron chi connectivity index (χ1n) is 6.31. The van der Waals surface area contributed by atoms with Crippen LogP contribution in [0.25, 0.3) is 10.2 Å². The molecule has 2 aromatic carbocycles. The molecule has 0 bridgehead atoms. The van der Waals surface area contributed by atoms with Crippen molar-refractivity contribution < 1.29 is 5.11 Å². The Bertz CT molecular complexity index is 817. The van der Waals surface area contributed by atoms with Crippen LogP contribution in [-0.4, -0.2) is 10.1 Å². The van der Waals surface area contributed by atoms with Gasteiger partial charge in [0.25, 0.3) is 0 Å². The number of aryl methyl sites for hydroxylation is 1. The third-order valence-corrected chi connectivity index (χ3v) is 4.53. The highest BCUT2D eigenvalue weighted by Crippen LogP contribution is 2.32. The Morgan fingerprint density at radius 3 is 2.86 bits per heavy atom. The van der Waals surface area contributed by atoms with Crippen LogP contribution in [0.15, 0.2) is 30.3 Å². The molecule has 0 aliphatic carbocycles. The molecule has 1 heterocycles. The number of halogens is 2. The minimum absolute atomic E-state index is 0.0586. The number of aromatic hydroxyl groups is 1. The van der Waals surface area contributed by atoms with Gasteiger partial charge in [-0.2, -0.15) is 0 Å². The average Bonchev–Trinajstić information content (AvgIpc) is 2.80. The van der Waals surface area contributed by atoms with Gasteiger partial charge in [0, 0.05) is 22.8 Å². The molecule has 0 saturated heterocycles. The minimum atomic E-state index is 0.0586. The summed E-state index contributed by atoms with van der Waals surface area (Å²) in [6, 6.07) is 9.21. The van der Waals surface area contributed by atoms with Crippen LogP contribution in [-0.2, 0) is 6.54 Å². The number of nitrogens with zero attached hydrogens (tertiary/aromatic N) is 1. The maximum absolute atomic E-state index is 9.94. The Morgan fingerprint density at radius 1 is 1.24 bits per heavy atom. The molecule has 0 amide bonds. The average molecular weight is 339 g/mol. The summed E-state index contributed by atoms with van der Waals surface area (Å²) in [4.78, 5) is 4.43. The van der Waals surface area contributed by atoms with Gasteiger partial charge in [0.1, 0.15) is 5.75 Å². The van der Waals surface area contributed by atoms with Gasteiger partial charge in [-0.05, 0) is 37.3 Å². The van der Waals surface area contributed by atoms with Crippen LogP contribution in [0.3, 0.4) is 0 Å². The first kappa shape index (κ1) is 14.4. The van der Waals surface area contributed by atoms with Gasteiger partial charge in [0.15, 0.2) is 0 Å². The van der Waals surface area contributed by atoms with E-state index in [4.69, 9.17) is 23.2 Å². The summed E-state index contributed by atoms with van der Waals surface area (Å²) >= 11 is 13.5. The Kier molecular flexibility index (Phi) is 3.93. The number of rotatable bonds is 3. The molecular weight excluding hydrogens is 327 g/mol. The standard InChI is InChI=1S/C15H12Cl2N2OS/c1-8-19-13-3-2-11(6-14(13)21-8)18-7-9-4-10(16)5-12(17)15(9)20/h2-6,18,20H,7H2,1H3. The van der Waals surface area contributed by atoms with Gasteiger partial charge in [-0.15, -0.1) is 11.3 Å². The van der Waals surface area contributed by atoms with Crippen molar-refractivity contribution in [2.45, 2.75) is 13.5 Å². The van der Waals surface area contributed by atoms with Crippen LogP contribution in [0.4, 0.5) is 5.69 Å². The summed E-state index contributed by atoms with van der Waals surface area (Å²) in [6.45, 7) is 2.43. The number of aromatic nitrogens is 1. The summed E-state index contributed by atoms with van der Waals surface area (Å²) in [5.41, 5.74) is 2.62. The summed E-state index contributed by atoms with van der Waals surface area (Å²) < 4.78 is 1.13. The molecule has 0 saturated carbocycles. The number of hydrogen-bond acceptors (Lipinski definition) is 4. The molecule has 0 aliphatic rings. The third-order valence-electron chi connectivity index (χ3n) is 3.09. The molecule has 3 nitrogen and oxygen atoms in total. The van der Waals surface area contributed by atoms with E-state index in [-0.39, 0.29) is 10.8 Å². The van der Waals surface area contributed by atoms with Crippen LogP contribution in [0, 0.1) is 6.92 Å². The second kappa shape index (κ2) is 5.72. The van der Waals surface area contributed by atoms with E-state index in [9.17, 15) is 5.11 Å². The zero-order chi connectivity index (χ0) is 15.0. The molecule has 108 valence electrons. The lowest BCUT2D eigenvalue weighted by Gasteiger charge is -2.10. The number of benzene rings is 2. The van der Waals surface area contributed by atoms with Crippen LogP contribution in [0.5, 0.6) is 5.75 Å². The Balaban J connectivity index is 1.83. The Hall–Kier alpha value is -1.49. The predicted octanol–water partition coefficient (Wildman–Crippen LogP) is 5.23. The second-order valence-corrected chi connectivity index (χ2v) is 6.74. The van der Waals surface area contributed by atoms with Gasteiger partial charge in [-0.3, -0.25) is 0 Å². The molecule has 3 rings (SSSR count). The lowest BCUT2D eigenvalue weighted by molar-refractivity contribution is 0.469. The highest BCUT2D eigenvalue weighted by Gasteiger charge is 2.08. The predicted molar refractivity (Wildman–Crippen MR) is 89.8 cm³/mol. The molecule has 0 aliphatic heterocycles. The van der Waals surface area contributed by atoms with Crippen molar-refractivity contribution >= 4 is 50.4 Å². The minimum Gasteiger partial charge on any atom is -0.506 e. The molecule has 0 atom stereocenters. The SMILES string of the molecule is Cc1nc2ccc(NCc3cc(Cl)cc(Cl)c3O)cc2s1. The smallest absolute Gasteiger partial charge is 0.139 e. The maximum atomic E-state index is 9.94. The maximum Gasteiger partial charge on any atom is 0.139 e. The molecule has 0 radical (unpaired) electrons. The van der Waals surface area contributed by atoms with E-state index < -0.39 is 0 Å². The van der Waals surface area contributed by atoms with Crippen LogP contribution >= 0.6 is 34.5 Å². The van der Waals surface area contributed by atoms with E-state index in [1.54, 1.807) is 17.4 Å². The number of phenols is 1. The third kappa shape index (κ3) is 3.07. The first-order valence-corrected chi connectivity index (χ1v) is 7.88. The van der Waals surface area contributed by atoms with Gasteiger partial charge < -0.3 is 10.4 Å². The topological polar surface area (TPSA) is 45.2 Å². The first-order chi connectivity index (χ1) is 10.0. The molecule has 0 spiro atoms. The molecule has 0 unspecified atom stereocenters.